The van der Waals surface area contributed by atoms with Crippen molar-refractivity contribution in [2.45, 2.75) is 39.5 Å². The van der Waals surface area contributed by atoms with Gasteiger partial charge >= 0.3 is 0 Å². The highest BCUT2D eigenvalue weighted by Gasteiger charge is 2.05. The molecule has 0 radical (unpaired) electrons. The lowest BCUT2D eigenvalue weighted by molar-refractivity contribution is 0.282. The molecule has 0 fully saturated rings. The van der Waals surface area contributed by atoms with Crippen LogP contribution in [0.2, 0.25) is 0 Å². The van der Waals surface area contributed by atoms with Crippen LogP contribution >= 0.6 is 0 Å². The first-order valence-electron chi connectivity index (χ1n) is 6.71. The van der Waals surface area contributed by atoms with Crippen LogP contribution in [-0.2, 0) is 0 Å². The lowest BCUT2D eigenvalue weighted by Gasteiger charge is -2.24. The maximum absolute atomic E-state index is 8.72. The van der Waals surface area contributed by atoms with Gasteiger partial charge in [0.1, 0.15) is 0 Å². The van der Waals surface area contributed by atoms with Gasteiger partial charge in [0.25, 0.3) is 0 Å². The second-order valence-electron chi connectivity index (χ2n) is 4.50. The fraction of sp³-hybridized carbons (Fsp3) is 0.600. The van der Waals surface area contributed by atoms with E-state index in [1.807, 2.05) is 0 Å². The number of anilines is 1. The van der Waals surface area contributed by atoms with E-state index in [0.717, 1.165) is 25.9 Å². The van der Waals surface area contributed by atoms with Gasteiger partial charge in [-0.3, -0.25) is 0 Å². The second kappa shape index (κ2) is 8.13. The Hall–Kier alpha value is -1.02. The van der Waals surface area contributed by atoms with E-state index in [2.05, 4.69) is 43.0 Å². The maximum atomic E-state index is 8.72. The largest absolute Gasteiger partial charge is 0.396 e. The highest BCUT2D eigenvalue weighted by atomic mass is 16.2. The Morgan fingerprint density at radius 3 is 2.41 bits per heavy atom. The Kier molecular flexibility index (Phi) is 6.71. The molecule has 1 rings (SSSR count). The number of para-hydroxylation sites is 1. The number of rotatable bonds is 8. The van der Waals surface area contributed by atoms with Crippen molar-refractivity contribution >= 4 is 5.69 Å². The van der Waals surface area contributed by atoms with E-state index in [1.54, 1.807) is 0 Å². The molecule has 0 aromatic heterocycles. The van der Waals surface area contributed by atoms with Crippen LogP contribution in [0.3, 0.4) is 0 Å². The van der Waals surface area contributed by atoms with Crippen molar-refractivity contribution in [2.24, 2.45) is 0 Å². The molecule has 0 heterocycles. The zero-order chi connectivity index (χ0) is 12.5. The Balaban J connectivity index is 2.41. The van der Waals surface area contributed by atoms with Crippen LogP contribution in [0.1, 0.15) is 38.2 Å². The van der Waals surface area contributed by atoms with E-state index >= 15 is 0 Å². The molecule has 1 aromatic rings. The smallest absolute Gasteiger partial charge is 0.0431 e. The lowest BCUT2D eigenvalue weighted by Crippen LogP contribution is -2.24. The molecule has 2 nitrogen and oxygen atoms in total. The molecular formula is C15H25NO. The van der Waals surface area contributed by atoms with Crippen molar-refractivity contribution in [1.82, 2.24) is 0 Å². The molecule has 0 bridgehead atoms. The number of benzene rings is 1. The van der Waals surface area contributed by atoms with E-state index in [4.69, 9.17) is 5.11 Å². The Morgan fingerprint density at radius 2 is 1.76 bits per heavy atom. The van der Waals surface area contributed by atoms with Gasteiger partial charge in [0.15, 0.2) is 0 Å². The average Bonchev–Trinajstić information content (AvgIpc) is 2.35. The van der Waals surface area contributed by atoms with Crippen LogP contribution in [0.25, 0.3) is 0 Å². The number of aryl methyl sites for hydroxylation is 1. The van der Waals surface area contributed by atoms with Crippen LogP contribution < -0.4 is 4.90 Å². The van der Waals surface area contributed by atoms with Gasteiger partial charge in [-0.1, -0.05) is 31.0 Å². The molecule has 17 heavy (non-hydrogen) atoms. The summed E-state index contributed by atoms with van der Waals surface area (Å²) in [6.45, 7) is 6.89. The number of nitrogens with zero attached hydrogens (tertiary/aromatic N) is 1. The van der Waals surface area contributed by atoms with Crippen molar-refractivity contribution in [1.29, 1.82) is 0 Å². The Bertz CT molecular complexity index is 312. The van der Waals surface area contributed by atoms with E-state index in [0.29, 0.717) is 6.61 Å². The zero-order valence-electron chi connectivity index (χ0n) is 11.2. The predicted molar refractivity (Wildman–Crippen MR) is 74.6 cm³/mol. The number of unbranched alkanes of at least 4 members (excludes halogenated alkanes) is 3. The summed E-state index contributed by atoms with van der Waals surface area (Å²) < 4.78 is 0. The molecule has 1 N–H and O–H groups in total. The van der Waals surface area contributed by atoms with Gasteiger partial charge in [0.05, 0.1) is 0 Å². The van der Waals surface area contributed by atoms with Gasteiger partial charge < -0.3 is 10.0 Å². The number of aliphatic hydroxyl groups is 1. The molecule has 0 spiro atoms. The first-order chi connectivity index (χ1) is 8.29. The summed E-state index contributed by atoms with van der Waals surface area (Å²) in [5.74, 6) is 0. The van der Waals surface area contributed by atoms with E-state index < -0.39 is 0 Å². The van der Waals surface area contributed by atoms with Crippen LogP contribution in [0.4, 0.5) is 5.69 Å². The molecule has 0 aliphatic rings. The van der Waals surface area contributed by atoms with Gasteiger partial charge in [0, 0.05) is 25.4 Å². The molecule has 0 saturated carbocycles. The molecular weight excluding hydrogens is 210 g/mol. The number of aliphatic hydroxyl groups excluding tert-OH is 1. The normalized spacial score (nSPS) is 10.5. The minimum absolute atomic E-state index is 0.329. The third-order valence-corrected chi connectivity index (χ3v) is 3.17. The van der Waals surface area contributed by atoms with Gasteiger partial charge in [0.2, 0.25) is 0 Å². The molecule has 1 aromatic carbocycles. The minimum Gasteiger partial charge on any atom is -0.396 e. The molecule has 0 unspecified atom stereocenters. The SMILES string of the molecule is CCN(CCCCCCO)c1ccccc1C. The summed E-state index contributed by atoms with van der Waals surface area (Å²) in [4.78, 5) is 2.44. The monoisotopic (exact) mass is 235 g/mol. The van der Waals surface area contributed by atoms with Crippen molar-refractivity contribution < 1.29 is 5.11 Å². The predicted octanol–water partition coefficient (Wildman–Crippen LogP) is 3.37. The lowest BCUT2D eigenvalue weighted by atomic mass is 10.1. The summed E-state index contributed by atoms with van der Waals surface area (Å²) in [5.41, 5.74) is 2.71. The standard InChI is InChI=1S/C15H25NO/c1-3-16(12-8-4-5-9-13-17)15-11-7-6-10-14(15)2/h6-7,10-11,17H,3-5,8-9,12-13H2,1-2H3. The molecule has 0 aliphatic carbocycles. The van der Waals surface area contributed by atoms with E-state index in [-0.39, 0.29) is 0 Å². The zero-order valence-corrected chi connectivity index (χ0v) is 11.2. The highest BCUT2D eigenvalue weighted by molar-refractivity contribution is 5.52. The first kappa shape index (κ1) is 14.0. The minimum atomic E-state index is 0.329. The summed E-state index contributed by atoms with van der Waals surface area (Å²) in [7, 11) is 0. The third kappa shape index (κ3) is 4.78. The molecule has 96 valence electrons. The van der Waals surface area contributed by atoms with Gasteiger partial charge in [-0.25, -0.2) is 0 Å². The fourth-order valence-electron chi connectivity index (χ4n) is 2.14. The molecule has 0 atom stereocenters. The van der Waals surface area contributed by atoms with Gasteiger partial charge in [-0.05, 0) is 38.3 Å². The molecule has 2 heteroatoms. The van der Waals surface area contributed by atoms with Crippen LogP contribution in [0.5, 0.6) is 0 Å². The van der Waals surface area contributed by atoms with E-state index in [1.165, 1.54) is 24.1 Å². The molecule has 0 saturated heterocycles. The quantitative estimate of drug-likeness (QED) is 0.698. The van der Waals surface area contributed by atoms with Crippen molar-refractivity contribution in [3.05, 3.63) is 29.8 Å². The summed E-state index contributed by atoms with van der Waals surface area (Å²) >= 11 is 0. The molecule has 0 amide bonds. The number of hydrogen-bond donors (Lipinski definition) is 1. The highest BCUT2D eigenvalue weighted by Crippen LogP contribution is 2.19. The van der Waals surface area contributed by atoms with Crippen molar-refractivity contribution in [3.63, 3.8) is 0 Å². The first-order valence-corrected chi connectivity index (χ1v) is 6.71. The topological polar surface area (TPSA) is 23.5 Å². The van der Waals surface area contributed by atoms with Crippen molar-refractivity contribution in [2.75, 3.05) is 24.6 Å². The summed E-state index contributed by atoms with van der Waals surface area (Å²) in [6, 6.07) is 8.57. The fourth-order valence-corrected chi connectivity index (χ4v) is 2.14. The Morgan fingerprint density at radius 1 is 1.06 bits per heavy atom. The van der Waals surface area contributed by atoms with E-state index in [9.17, 15) is 0 Å². The van der Waals surface area contributed by atoms with Gasteiger partial charge in [-0.2, -0.15) is 0 Å². The molecule has 0 aliphatic heterocycles. The summed E-state index contributed by atoms with van der Waals surface area (Å²) in [6.07, 6.45) is 4.50. The second-order valence-corrected chi connectivity index (χ2v) is 4.50. The van der Waals surface area contributed by atoms with Crippen LogP contribution in [-0.4, -0.2) is 24.8 Å². The van der Waals surface area contributed by atoms with Crippen LogP contribution in [0.15, 0.2) is 24.3 Å². The third-order valence-electron chi connectivity index (χ3n) is 3.17. The average molecular weight is 235 g/mol. The Labute approximate surface area is 105 Å². The van der Waals surface area contributed by atoms with Crippen molar-refractivity contribution in [3.8, 4) is 0 Å². The number of hydrogen-bond acceptors (Lipinski definition) is 2. The van der Waals surface area contributed by atoms with Crippen LogP contribution in [0, 0.1) is 6.92 Å². The summed E-state index contributed by atoms with van der Waals surface area (Å²) in [5, 5.41) is 8.72. The maximum Gasteiger partial charge on any atom is 0.0431 e. The van der Waals surface area contributed by atoms with Gasteiger partial charge in [-0.15, -0.1) is 0 Å².